The van der Waals surface area contributed by atoms with Crippen LogP contribution >= 0.6 is 0 Å². The number of aromatic nitrogens is 4. The Balaban J connectivity index is 1.98. The summed E-state index contributed by atoms with van der Waals surface area (Å²) < 4.78 is 41.5. The van der Waals surface area contributed by atoms with Crippen molar-refractivity contribution < 1.29 is 18.0 Å². The minimum Gasteiger partial charge on any atom is -0.370 e. The molecule has 3 N–H and O–H groups in total. The molecule has 0 bridgehead atoms. The highest BCUT2D eigenvalue weighted by Gasteiger charge is 2.40. The van der Waals surface area contributed by atoms with E-state index in [1.807, 2.05) is 0 Å². The molecule has 1 aliphatic rings. The van der Waals surface area contributed by atoms with Crippen molar-refractivity contribution in [2.24, 2.45) is 5.73 Å². The first kappa shape index (κ1) is 20.8. The number of alkyl halides is 3. The van der Waals surface area contributed by atoms with Crippen LogP contribution in [0.15, 0.2) is 12.3 Å². The minimum absolute atomic E-state index is 0.0189. The first-order chi connectivity index (χ1) is 13.4. The number of allylic oxidation sites excluding steroid dienone is 2. The third-order valence-corrected chi connectivity index (χ3v) is 4.97. The Morgan fingerprint density at radius 2 is 2.00 bits per heavy atom. The Labute approximate surface area is 166 Å². The number of amides is 1. The molecule has 0 aromatic carbocycles. The maximum absolute atomic E-state index is 13.3. The van der Waals surface area contributed by atoms with Gasteiger partial charge in [-0.2, -0.15) is 18.3 Å². The second kappa shape index (κ2) is 7.16. The molecule has 2 aromatic rings. The summed E-state index contributed by atoms with van der Waals surface area (Å²) >= 11 is 0. The lowest BCUT2D eigenvalue weighted by molar-refractivity contribution is -0.125. The van der Waals surface area contributed by atoms with E-state index in [1.165, 1.54) is 4.68 Å². The molecule has 156 valence electrons. The normalized spacial score (nSPS) is 14.0. The van der Waals surface area contributed by atoms with Gasteiger partial charge in [-0.15, -0.1) is 0 Å². The molecule has 2 aromatic heterocycles. The molecule has 29 heavy (non-hydrogen) atoms. The summed E-state index contributed by atoms with van der Waals surface area (Å²) in [7, 11) is 0. The summed E-state index contributed by atoms with van der Waals surface area (Å²) in [5.41, 5.74) is 5.53. The molecule has 0 fully saturated rings. The number of hydrogen-bond acceptors (Lipinski definition) is 5. The molecule has 0 saturated heterocycles. The van der Waals surface area contributed by atoms with E-state index < -0.39 is 23.2 Å². The largest absolute Gasteiger partial charge is 0.416 e. The number of carbonyl (C=O) groups excluding carboxylic acids is 1. The summed E-state index contributed by atoms with van der Waals surface area (Å²) in [5, 5.41) is 7.28. The molecule has 2 heterocycles. The van der Waals surface area contributed by atoms with E-state index in [0.717, 1.165) is 11.6 Å². The van der Waals surface area contributed by atoms with Crippen LogP contribution in [-0.2, 0) is 23.2 Å². The second-order valence-electron chi connectivity index (χ2n) is 7.44. The number of anilines is 1. The number of fused-ring (bicyclic) bond motifs is 1. The molecule has 0 radical (unpaired) electrons. The minimum atomic E-state index is -4.46. The van der Waals surface area contributed by atoms with Crippen molar-refractivity contribution in [3.8, 4) is 0 Å². The summed E-state index contributed by atoms with van der Waals surface area (Å²) in [6.45, 7) is 7.32. The van der Waals surface area contributed by atoms with Crippen LogP contribution in [0.2, 0.25) is 0 Å². The molecule has 0 saturated carbocycles. The SMILES string of the molecule is CCNc1nc(Cc2cn(C(C)(C)C(N)=O)nc2C)nc2c1C(C(F)(F)F)=CC2. The number of halogens is 3. The van der Waals surface area contributed by atoms with Gasteiger partial charge >= 0.3 is 6.18 Å². The fourth-order valence-electron chi connectivity index (χ4n) is 3.16. The predicted molar refractivity (Wildman–Crippen MR) is 102 cm³/mol. The first-order valence-corrected chi connectivity index (χ1v) is 9.22. The maximum atomic E-state index is 13.3. The van der Waals surface area contributed by atoms with E-state index >= 15 is 0 Å². The fourth-order valence-corrected chi connectivity index (χ4v) is 3.16. The van der Waals surface area contributed by atoms with Gasteiger partial charge < -0.3 is 11.1 Å². The van der Waals surface area contributed by atoms with Crippen molar-refractivity contribution in [1.29, 1.82) is 0 Å². The summed E-state index contributed by atoms with van der Waals surface area (Å²) in [6.07, 6.45) is -1.25. The van der Waals surface area contributed by atoms with Gasteiger partial charge in [0, 0.05) is 31.1 Å². The van der Waals surface area contributed by atoms with Crippen LogP contribution in [0.25, 0.3) is 5.57 Å². The van der Waals surface area contributed by atoms with E-state index in [-0.39, 0.29) is 24.2 Å². The van der Waals surface area contributed by atoms with Crippen molar-refractivity contribution in [3.05, 3.63) is 40.6 Å². The maximum Gasteiger partial charge on any atom is 0.416 e. The van der Waals surface area contributed by atoms with Crippen LogP contribution < -0.4 is 11.1 Å². The van der Waals surface area contributed by atoms with E-state index in [1.54, 1.807) is 33.9 Å². The zero-order chi connectivity index (χ0) is 21.6. The first-order valence-electron chi connectivity index (χ1n) is 9.22. The lowest BCUT2D eigenvalue weighted by Crippen LogP contribution is -2.41. The van der Waals surface area contributed by atoms with Crippen molar-refractivity contribution in [2.45, 2.75) is 52.3 Å². The molecule has 10 heteroatoms. The van der Waals surface area contributed by atoms with Crippen LogP contribution in [0.1, 0.15) is 49.1 Å². The number of carbonyl (C=O) groups is 1. The van der Waals surface area contributed by atoms with Crippen molar-refractivity contribution in [2.75, 3.05) is 11.9 Å². The molecule has 3 rings (SSSR count). The summed E-state index contributed by atoms with van der Waals surface area (Å²) in [4.78, 5) is 20.4. The molecular formula is C19H23F3N6O. The Bertz CT molecular complexity index is 991. The summed E-state index contributed by atoms with van der Waals surface area (Å²) in [5.74, 6) is 0.0349. The average molecular weight is 408 g/mol. The lowest BCUT2D eigenvalue weighted by Gasteiger charge is -2.20. The Hall–Kier alpha value is -2.91. The number of rotatable bonds is 6. The Morgan fingerprint density at radius 3 is 2.59 bits per heavy atom. The Morgan fingerprint density at radius 1 is 1.31 bits per heavy atom. The van der Waals surface area contributed by atoms with Crippen LogP contribution in [0.5, 0.6) is 0 Å². The van der Waals surface area contributed by atoms with Gasteiger partial charge in [-0.1, -0.05) is 6.08 Å². The number of nitrogens with two attached hydrogens (primary N) is 1. The van der Waals surface area contributed by atoms with E-state index in [2.05, 4.69) is 20.4 Å². The number of primary amides is 1. The third kappa shape index (κ3) is 3.83. The number of aryl methyl sites for hydroxylation is 1. The van der Waals surface area contributed by atoms with Gasteiger partial charge in [-0.25, -0.2) is 9.97 Å². The highest BCUT2D eigenvalue weighted by atomic mass is 19.4. The molecule has 7 nitrogen and oxygen atoms in total. The zero-order valence-electron chi connectivity index (χ0n) is 16.7. The third-order valence-electron chi connectivity index (χ3n) is 4.97. The summed E-state index contributed by atoms with van der Waals surface area (Å²) in [6, 6.07) is 0. The predicted octanol–water partition coefficient (Wildman–Crippen LogP) is 2.73. The second-order valence-corrected chi connectivity index (χ2v) is 7.44. The number of nitrogens with zero attached hydrogens (tertiary/aromatic N) is 4. The molecule has 0 spiro atoms. The van der Waals surface area contributed by atoms with Crippen LogP contribution in [0.3, 0.4) is 0 Å². The molecule has 0 aliphatic heterocycles. The number of nitrogens with one attached hydrogen (secondary N) is 1. The van der Waals surface area contributed by atoms with Crippen molar-refractivity contribution >= 4 is 17.3 Å². The smallest absolute Gasteiger partial charge is 0.370 e. The van der Waals surface area contributed by atoms with Crippen molar-refractivity contribution in [1.82, 2.24) is 19.7 Å². The van der Waals surface area contributed by atoms with Crippen molar-refractivity contribution in [3.63, 3.8) is 0 Å². The van der Waals surface area contributed by atoms with Gasteiger partial charge in [0.25, 0.3) is 0 Å². The molecule has 1 aliphatic carbocycles. The van der Waals surface area contributed by atoms with Gasteiger partial charge in [0.05, 0.1) is 22.5 Å². The highest BCUT2D eigenvalue weighted by Crippen LogP contribution is 2.42. The number of hydrogen-bond donors (Lipinski definition) is 2. The van der Waals surface area contributed by atoms with Crippen LogP contribution in [0, 0.1) is 6.92 Å². The molecule has 0 atom stereocenters. The molecule has 1 amide bonds. The fraction of sp³-hybridized carbons (Fsp3) is 0.474. The monoisotopic (exact) mass is 408 g/mol. The van der Waals surface area contributed by atoms with Gasteiger partial charge in [0.15, 0.2) is 0 Å². The van der Waals surface area contributed by atoms with E-state index in [0.29, 0.717) is 23.8 Å². The zero-order valence-corrected chi connectivity index (χ0v) is 16.7. The van der Waals surface area contributed by atoms with Gasteiger partial charge in [-0.05, 0) is 27.7 Å². The van der Waals surface area contributed by atoms with Gasteiger partial charge in [-0.3, -0.25) is 9.48 Å². The molecular weight excluding hydrogens is 385 g/mol. The van der Waals surface area contributed by atoms with Crippen LogP contribution in [-0.4, -0.2) is 38.4 Å². The van der Waals surface area contributed by atoms with Gasteiger partial charge in [0.2, 0.25) is 5.91 Å². The Kier molecular flexibility index (Phi) is 5.14. The average Bonchev–Trinajstić information content (AvgIpc) is 3.19. The quantitative estimate of drug-likeness (QED) is 0.766. The molecule has 0 unspecified atom stereocenters. The van der Waals surface area contributed by atoms with E-state index in [9.17, 15) is 18.0 Å². The standard InChI is InChI=1S/C19H23F3N6O/c1-5-24-16-15-12(19(20,21)22)6-7-13(15)25-14(26-16)8-11-9-28(27-10(11)2)18(3,4)17(23)29/h6,9H,5,7-8H2,1-4H3,(H2,23,29)(H,24,25,26). The van der Waals surface area contributed by atoms with Crippen LogP contribution in [0.4, 0.5) is 19.0 Å². The van der Waals surface area contributed by atoms with Gasteiger partial charge in [0.1, 0.15) is 17.2 Å². The lowest BCUT2D eigenvalue weighted by atomic mass is 10.1. The topological polar surface area (TPSA) is 98.7 Å². The highest BCUT2D eigenvalue weighted by molar-refractivity contribution is 5.82. The van der Waals surface area contributed by atoms with E-state index in [4.69, 9.17) is 5.73 Å².